The van der Waals surface area contributed by atoms with E-state index >= 15 is 0 Å². The van der Waals surface area contributed by atoms with E-state index in [4.69, 9.17) is 0 Å². The maximum absolute atomic E-state index is 13.0. The fourth-order valence-corrected chi connectivity index (χ4v) is 2.65. The summed E-state index contributed by atoms with van der Waals surface area (Å²) in [6.07, 6.45) is 0.964. The molecule has 1 aromatic carbocycles. The molecule has 0 unspecified atom stereocenters. The fourth-order valence-electron chi connectivity index (χ4n) is 2.65. The number of aliphatic imine (C=N–C) groups is 1. The lowest BCUT2D eigenvalue weighted by Crippen LogP contribution is -2.39. The van der Waals surface area contributed by atoms with Crippen LogP contribution < -0.4 is 5.32 Å². The van der Waals surface area contributed by atoms with Gasteiger partial charge < -0.3 is 10.2 Å². The van der Waals surface area contributed by atoms with Crippen LogP contribution in [0.2, 0.25) is 0 Å². The van der Waals surface area contributed by atoms with Gasteiger partial charge in [-0.1, -0.05) is 12.1 Å². The molecule has 138 valence electrons. The number of guanidine groups is 1. The molecule has 0 aliphatic heterocycles. The van der Waals surface area contributed by atoms with Crippen LogP contribution in [-0.4, -0.2) is 41.3 Å². The van der Waals surface area contributed by atoms with Gasteiger partial charge in [0.15, 0.2) is 5.96 Å². The number of aryl methyl sites for hydroxylation is 3. The van der Waals surface area contributed by atoms with Crippen molar-refractivity contribution in [3.8, 4) is 0 Å². The second-order valence-electron chi connectivity index (χ2n) is 5.96. The quantitative estimate of drug-likeness (QED) is 0.312. The van der Waals surface area contributed by atoms with E-state index in [0.29, 0.717) is 6.54 Å². The minimum atomic E-state index is -0.215. The lowest BCUT2D eigenvalue weighted by molar-refractivity contribution is 0.470. The van der Waals surface area contributed by atoms with Crippen molar-refractivity contribution in [1.82, 2.24) is 20.0 Å². The first-order chi connectivity index (χ1) is 11.5. The zero-order chi connectivity index (χ0) is 17.5. The molecule has 0 saturated heterocycles. The van der Waals surface area contributed by atoms with Crippen LogP contribution in [0.5, 0.6) is 0 Å². The number of nitrogens with zero attached hydrogens (tertiary/aromatic N) is 4. The highest BCUT2D eigenvalue weighted by molar-refractivity contribution is 14.0. The summed E-state index contributed by atoms with van der Waals surface area (Å²) in [6, 6.07) is 8.63. The summed E-state index contributed by atoms with van der Waals surface area (Å²) in [5, 5.41) is 7.82. The second kappa shape index (κ2) is 10.4. The molecule has 0 saturated carbocycles. The molecule has 1 heterocycles. The molecule has 0 fully saturated rings. The van der Waals surface area contributed by atoms with E-state index in [1.807, 2.05) is 23.6 Å². The maximum atomic E-state index is 13.0. The van der Waals surface area contributed by atoms with Crippen molar-refractivity contribution in [3.05, 3.63) is 53.1 Å². The minimum absolute atomic E-state index is 0. The molecule has 1 aromatic heterocycles. The van der Waals surface area contributed by atoms with E-state index in [2.05, 4.69) is 28.4 Å². The Morgan fingerprint density at radius 1 is 1.28 bits per heavy atom. The highest BCUT2D eigenvalue weighted by Gasteiger charge is 2.07. The summed E-state index contributed by atoms with van der Waals surface area (Å²) >= 11 is 0. The molecule has 0 radical (unpaired) electrons. The third kappa shape index (κ3) is 6.64. The molecular weight excluding hydrogens is 432 g/mol. The van der Waals surface area contributed by atoms with E-state index in [-0.39, 0.29) is 29.8 Å². The van der Waals surface area contributed by atoms with Crippen LogP contribution >= 0.6 is 24.0 Å². The van der Waals surface area contributed by atoms with Crippen LogP contribution in [0.1, 0.15) is 23.4 Å². The van der Waals surface area contributed by atoms with Crippen molar-refractivity contribution < 1.29 is 4.39 Å². The van der Waals surface area contributed by atoms with Gasteiger partial charge in [0.1, 0.15) is 5.82 Å². The van der Waals surface area contributed by atoms with E-state index in [1.165, 1.54) is 17.8 Å². The molecule has 5 nitrogen and oxygen atoms in total. The average Bonchev–Trinajstić information content (AvgIpc) is 2.87. The second-order valence-corrected chi connectivity index (χ2v) is 5.96. The number of hydrogen-bond donors (Lipinski definition) is 1. The summed E-state index contributed by atoms with van der Waals surface area (Å²) in [4.78, 5) is 6.33. The van der Waals surface area contributed by atoms with Crippen LogP contribution in [0.3, 0.4) is 0 Å². The van der Waals surface area contributed by atoms with Crippen molar-refractivity contribution in [1.29, 1.82) is 0 Å². The van der Waals surface area contributed by atoms with E-state index in [0.717, 1.165) is 36.7 Å². The number of nitrogens with one attached hydrogen (secondary N) is 1. The maximum Gasteiger partial charge on any atom is 0.193 e. The first kappa shape index (κ1) is 21.4. The third-order valence-corrected chi connectivity index (χ3v) is 3.84. The van der Waals surface area contributed by atoms with Gasteiger partial charge in [-0.3, -0.25) is 9.67 Å². The van der Waals surface area contributed by atoms with Gasteiger partial charge in [-0.25, -0.2) is 4.39 Å². The SMILES string of the molecule is CN=C(NCCCn1nc(C)cc1C)N(C)Cc1ccc(F)cc1.I. The molecular formula is C18H27FIN5. The van der Waals surface area contributed by atoms with Crippen LogP contribution in [0.4, 0.5) is 4.39 Å². The first-order valence-corrected chi connectivity index (χ1v) is 8.17. The number of hydrogen-bond acceptors (Lipinski definition) is 2. The highest BCUT2D eigenvalue weighted by atomic mass is 127. The molecule has 0 spiro atoms. The molecule has 1 N–H and O–H groups in total. The van der Waals surface area contributed by atoms with Gasteiger partial charge in [-0.15, -0.1) is 24.0 Å². The third-order valence-electron chi connectivity index (χ3n) is 3.84. The lowest BCUT2D eigenvalue weighted by atomic mass is 10.2. The van der Waals surface area contributed by atoms with Gasteiger partial charge in [0.2, 0.25) is 0 Å². The van der Waals surface area contributed by atoms with Crippen molar-refractivity contribution in [2.45, 2.75) is 33.4 Å². The largest absolute Gasteiger partial charge is 0.356 e. The van der Waals surface area contributed by atoms with Crippen LogP contribution in [0.15, 0.2) is 35.3 Å². The topological polar surface area (TPSA) is 45.5 Å². The molecule has 0 aliphatic rings. The summed E-state index contributed by atoms with van der Waals surface area (Å²) in [7, 11) is 3.74. The predicted molar refractivity (Wildman–Crippen MR) is 111 cm³/mol. The molecule has 7 heteroatoms. The Morgan fingerprint density at radius 2 is 1.96 bits per heavy atom. The fraction of sp³-hybridized carbons (Fsp3) is 0.444. The predicted octanol–water partition coefficient (Wildman–Crippen LogP) is 3.35. The zero-order valence-corrected chi connectivity index (χ0v) is 17.6. The first-order valence-electron chi connectivity index (χ1n) is 8.17. The van der Waals surface area contributed by atoms with Gasteiger partial charge in [0.25, 0.3) is 0 Å². The van der Waals surface area contributed by atoms with Crippen molar-refractivity contribution in [2.24, 2.45) is 4.99 Å². The standard InChI is InChI=1S/C18H26FN5.HI/c1-14-12-15(2)24(22-14)11-5-10-21-18(20-3)23(4)13-16-6-8-17(19)9-7-16;/h6-9,12H,5,10-11,13H2,1-4H3,(H,20,21);1H. The van der Waals surface area contributed by atoms with Gasteiger partial charge >= 0.3 is 0 Å². The number of rotatable bonds is 6. The van der Waals surface area contributed by atoms with Crippen molar-refractivity contribution in [2.75, 3.05) is 20.6 Å². The summed E-state index contributed by atoms with van der Waals surface area (Å²) in [5.41, 5.74) is 3.28. The van der Waals surface area contributed by atoms with Crippen LogP contribution in [-0.2, 0) is 13.1 Å². The van der Waals surface area contributed by atoms with E-state index in [1.54, 1.807) is 19.2 Å². The lowest BCUT2D eigenvalue weighted by Gasteiger charge is -2.22. The molecule has 25 heavy (non-hydrogen) atoms. The Bertz CT molecular complexity index is 681. The van der Waals surface area contributed by atoms with Gasteiger partial charge in [-0.2, -0.15) is 5.10 Å². The highest BCUT2D eigenvalue weighted by Crippen LogP contribution is 2.06. The smallest absolute Gasteiger partial charge is 0.193 e. The number of halogens is 2. The van der Waals surface area contributed by atoms with Crippen molar-refractivity contribution >= 4 is 29.9 Å². The monoisotopic (exact) mass is 459 g/mol. The van der Waals surface area contributed by atoms with E-state index < -0.39 is 0 Å². The molecule has 0 amide bonds. The van der Waals surface area contributed by atoms with E-state index in [9.17, 15) is 4.39 Å². The zero-order valence-electron chi connectivity index (χ0n) is 15.3. The number of benzene rings is 1. The Kier molecular flexibility index (Phi) is 8.88. The van der Waals surface area contributed by atoms with Crippen molar-refractivity contribution in [3.63, 3.8) is 0 Å². The normalized spacial score (nSPS) is 11.2. The Hall–Kier alpha value is -1.64. The van der Waals surface area contributed by atoms with Gasteiger partial charge in [0, 0.05) is 39.4 Å². The average molecular weight is 459 g/mol. The molecule has 0 aliphatic carbocycles. The van der Waals surface area contributed by atoms with Crippen LogP contribution in [0.25, 0.3) is 0 Å². The minimum Gasteiger partial charge on any atom is -0.356 e. The molecule has 2 aromatic rings. The van der Waals surface area contributed by atoms with Gasteiger partial charge in [-0.05, 0) is 44.0 Å². The molecule has 0 bridgehead atoms. The summed E-state index contributed by atoms with van der Waals surface area (Å²) in [6.45, 7) is 6.46. The van der Waals surface area contributed by atoms with Crippen LogP contribution in [0, 0.1) is 19.7 Å². The summed E-state index contributed by atoms with van der Waals surface area (Å²) < 4.78 is 15.0. The van der Waals surface area contributed by atoms with Gasteiger partial charge in [0.05, 0.1) is 5.69 Å². The molecule has 0 atom stereocenters. The number of aromatic nitrogens is 2. The molecule has 2 rings (SSSR count). The Labute approximate surface area is 166 Å². The Morgan fingerprint density at radius 3 is 2.52 bits per heavy atom. The summed E-state index contributed by atoms with van der Waals surface area (Å²) in [5.74, 6) is 0.612. The Balaban J connectivity index is 0.00000312.